The molecule has 0 saturated carbocycles. The maximum Gasteiger partial charge on any atom is 0.342 e. The van der Waals surface area contributed by atoms with Crippen molar-refractivity contribution in [1.82, 2.24) is 0 Å². The summed E-state index contributed by atoms with van der Waals surface area (Å²) in [6, 6.07) is 9.17. The fourth-order valence-electron chi connectivity index (χ4n) is 1.55. The summed E-state index contributed by atoms with van der Waals surface area (Å²) >= 11 is 0. The van der Waals surface area contributed by atoms with Crippen molar-refractivity contribution in [3.05, 3.63) is 42.0 Å². The first-order chi connectivity index (χ1) is 8.48. The molecule has 0 aliphatic carbocycles. The Bertz CT molecular complexity index is 450. The lowest BCUT2D eigenvalue weighted by atomic mass is 9.96. The number of carbonyl (C=O) groups is 2. The standard InChI is InChI=1S/C14H16O4/c1-11(15)10-14(17,13(16)18-2)9-8-12-6-4-3-5-7-12/h3-9,17H,10H2,1-2H3/b9-8+. The van der Waals surface area contributed by atoms with Crippen LogP contribution < -0.4 is 0 Å². The van der Waals surface area contributed by atoms with Gasteiger partial charge in [-0.2, -0.15) is 0 Å². The van der Waals surface area contributed by atoms with Crippen LogP contribution in [0, 0.1) is 0 Å². The van der Waals surface area contributed by atoms with Crippen LogP contribution in [0.2, 0.25) is 0 Å². The molecular weight excluding hydrogens is 232 g/mol. The van der Waals surface area contributed by atoms with Gasteiger partial charge in [-0.05, 0) is 18.6 Å². The molecule has 1 atom stereocenters. The van der Waals surface area contributed by atoms with Gasteiger partial charge in [-0.25, -0.2) is 4.79 Å². The summed E-state index contributed by atoms with van der Waals surface area (Å²) in [6.45, 7) is 1.31. The summed E-state index contributed by atoms with van der Waals surface area (Å²) in [5.41, 5.74) is -1.08. The molecule has 18 heavy (non-hydrogen) atoms. The fraction of sp³-hybridized carbons (Fsp3) is 0.286. The molecule has 96 valence electrons. The van der Waals surface area contributed by atoms with Gasteiger partial charge in [-0.1, -0.05) is 36.4 Å². The van der Waals surface area contributed by atoms with E-state index in [0.29, 0.717) is 0 Å². The second kappa shape index (κ2) is 6.12. The van der Waals surface area contributed by atoms with Crippen molar-refractivity contribution in [3.63, 3.8) is 0 Å². The minimum atomic E-state index is -1.91. The number of hydrogen-bond acceptors (Lipinski definition) is 4. The van der Waals surface area contributed by atoms with Crippen LogP contribution in [0.3, 0.4) is 0 Å². The van der Waals surface area contributed by atoms with Gasteiger partial charge in [0.05, 0.1) is 7.11 Å². The molecule has 1 aromatic carbocycles. The van der Waals surface area contributed by atoms with Gasteiger partial charge in [0.1, 0.15) is 5.78 Å². The third kappa shape index (κ3) is 3.82. The molecule has 0 bridgehead atoms. The number of Topliss-reactive ketones (excluding diaryl/α,β-unsaturated/α-hetero) is 1. The van der Waals surface area contributed by atoms with Crippen LogP contribution in [-0.2, 0) is 14.3 Å². The number of esters is 1. The molecule has 1 rings (SSSR count). The van der Waals surface area contributed by atoms with E-state index in [1.807, 2.05) is 30.3 Å². The van der Waals surface area contributed by atoms with E-state index in [4.69, 9.17) is 0 Å². The van der Waals surface area contributed by atoms with E-state index < -0.39 is 11.6 Å². The zero-order valence-electron chi connectivity index (χ0n) is 10.4. The van der Waals surface area contributed by atoms with Crippen molar-refractivity contribution in [1.29, 1.82) is 0 Å². The van der Waals surface area contributed by atoms with Crippen LogP contribution >= 0.6 is 0 Å². The van der Waals surface area contributed by atoms with Gasteiger partial charge in [0.15, 0.2) is 5.60 Å². The topological polar surface area (TPSA) is 63.6 Å². The van der Waals surface area contributed by atoms with E-state index in [1.165, 1.54) is 20.1 Å². The number of ether oxygens (including phenoxy) is 1. The van der Waals surface area contributed by atoms with E-state index in [2.05, 4.69) is 4.74 Å². The Labute approximate surface area is 106 Å². The summed E-state index contributed by atoms with van der Waals surface area (Å²) in [5.74, 6) is -1.13. The zero-order valence-corrected chi connectivity index (χ0v) is 10.4. The molecule has 0 aliphatic heterocycles. The van der Waals surface area contributed by atoms with E-state index in [-0.39, 0.29) is 12.2 Å². The number of aliphatic hydroxyl groups is 1. The molecule has 0 saturated heterocycles. The maximum absolute atomic E-state index is 11.5. The molecule has 0 amide bonds. The van der Waals surface area contributed by atoms with Crippen LogP contribution in [0.1, 0.15) is 18.9 Å². The predicted molar refractivity (Wildman–Crippen MR) is 67.7 cm³/mol. The Morgan fingerprint density at radius 3 is 2.44 bits per heavy atom. The second-order valence-electron chi connectivity index (χ2n) is 4.04. The highest BCUT2D eigenvalue weighted by atomic mass is 16.5. The number of rotatable bonds is 5. The first-order valence-corrected chi connectivity index (χ1v) is 5.52. The molecule has 0 radical (unpaired) electrons. The molecule has 1 unspecified atom stereocenters. The highest BCUT2D eigenvalue weighted by molar-refractivity contribution is 5.90. The molecule has 1 N–H and O–H groups in total. The quantitative estimate of drug-likeness (QED) is 0.804. The largest absolute Gasteiger partial charge is 0.467 e. The SMILES string of the molecule is COC(=O)C(O)(/C=C/c1ccccc1)CC(C)=O. The highest BCUT2D eigenvalue weighted by Gasteiger charge is 2.35. The smallest absolute Gasteiger partial charge is 0.342 e. The van der Waals surface area contributed by atoms with E-state index >= 15 is 0 Å². The first kappa shape index (κ1) is 14.1. The monoisotopic (exact) mass is 248 g/mol. The number of benzene rings is 1. The minimum absolute atomic E-state index is 0.291. The lowest BCUT2D eigenvalue weighted by Crippen LogP contribution is -2.39. The lowest BCUT2D eigenvalue weighted by molar-refractivity contribution is -0.159. The number of ketones is 1. The second-order valence-corrected chi connectivity index (χ2v) is 4.04. The molecule has 4 heteroatoms. The third-order valence-electron chi connectivity index (χ3n) is 2.41. The van der Waals surface area contributed by atoms with Crippen LogP contribution in [0.25, 0.3) is 6.08 Å². The molecule has 1 aromatic rings. The van der Waals surface area contributed by atoms with Gasteiger partial charge in [-0.15, -0.1) is 0 Å². The number of carbonyl (C=O) groups excluding carboxylic acids is 2. The molecule has 0 aromatic heterocycles. The van der Waals surface area contributed by atoms with Crippen LogP contribution in [0.5, 0.6) is 0 Å². The Kier molecular flexibility index (Phi) is 4.80. The summed E-state index contributed by atoms with van der Waals surface area (Å²) < 4.78 is 4.51. The molecule has 0 spiro atoms. The van der Waals surface area contributed by atoms with Crippen molar-refractivity contribution >= 4 is 17.8 Å². The van der Waals surface area contributed by atoms with Crippen molar-refractivity contribution < 1.29 is 19.4 Å². The number of hydrogen-bond donors (Lipinski definition) is 1. The van der Waals surface area contributed by atoms with Crippen LogP contribution in [-0.4, -0.2) is 29.6 Å². The zero-order chi connectivity index (χ0) is 13.6. The maximum atomic E-state index is 11.5. The minimum Gasteiger partial charge on any atom is -0.467 e. The average molecular weight is 248 g/mol. The fourth-order valence-corrected chi connectivity index (χ4v) is 1.55. The first-order valence-electron chi connectivity index (χ1n) is 5.52. The normalized spacial score (nSPS) is 14.2. The van der Waals surface area contributed by atoms with Crippen LogP contribution in [0.4, 0.5) is 0 Å². The molecule has 0 aliphatic rings. The summed E-state index contributed by atoms with van der Waals surface area (Å²) in [5, 5.41) is 10.1. The van der Waals surface area contributed by atoms with Gasteiger partial charge in [-0.3, -0.25) is 4.79 Å². The van der Waals surface area contributed by atoms with Gasteiger partial charge >= 0.3 is 5.97 Å². The van der Waals surface area contributed by atoms with Gasteiger partial charge in [0.25, 0.3) is 0 Å². The van der Waals surface area contributed by atoms with Crippen LogP contribution in [0.15, 0.2) is 36.4 Å². The Balaban J connectivity index is 2.95. The van der Waals surface area contributed by atoms with Gasteiger partial charge in [0, 0.05) is 6.42 Å². The highest BCUT2D eigenvalue weighted by Crippen LogP contribution is 2.17. The molecule has 0 heterocycles. The van der Waals surface area contributed by atoms with Crippen molar-refractivity contribution in [2.24, 2.45) is 0 Å². The average Bonchev–Trinajstić information content (AvgIpc) is 2.36. The molecule has 0 fully saturated rings. The van der Waals surface area contributed by atoms with Gasteiger partial charge < -0.3 is 9.84 Å². The Hall–Kier alpha value is -1.94. The van der Waals surface area contributed by atoms with E-state index in [1.54, 1.807) is 6.08 Å². The molecular formula is C14H16O4. The van der Waals surface area contributed by atoms with Gasteiger partial charge in [0.2, 0.25) is 0 Å². The predicted octanol–water partition coefficient (Wildman–Crippen LogP) is 1.58. The Morgan fingerprint density at radius 1 is 1.33 bits per heavy atom. The van der Waals surface area contributed by atoms with E-state index in [0.717, 1.165) is 5.56 Å². The summed E-state index contributed by atoms with van der Waals surface area (Å²) in [6.07, 6.45) is 2.57. The number of methoxy groups -OCH3 is 1. The van der Waals surface area contributed by atoms with Crippen molar-refractivity contribution in [2.45, 2.75) is 18.9 Å². The van der Waals surface area contributed by atoms with Crippen molar-refractivity contribution in [2.75, 3.05) is 7.11 Å². The third-order valence-corrected chi connectivity index (χ3v) is 2.41. The van der Waals surface area contributed by atoms with Crippen molar-refractivity contribution in [3.8, 4) is 0 Å². The lowest BCUT2D eigenvalue weighted by Gasteiger charge is -2.19. The van der Waals surface area contributed by atoms with E-state index in [9.17, 15) is 14.7 Å². The molecule has 4 nitrogen and oxygen atoms in total. The summed E-state index contributed by atoms with van der Waals surface area (Å²) in [7, 11) is 1.17. The Morgan fingerprint density at radius 2 is 1.94 bits per heavy atom. The summed E-state index contributed by atoms with van der Waals surface area (Å²) in [4.78, 5) is 22.6.